The Bertz CT molecular complexity index is 588. The van der Waals surface area contributed by atoms with Crippen molar-refractivity contribution >= 4 is 5.91 Å². The van der Waals surface area contributed by atoms with E-state index in [1.807, 2.05) is 18.7 Å². The Labute approximate surface area is 143 Å². The van der Waals surface area contributed by atoms with Crippen LogP contribution in [0.3, 0.4) is 0 Å². The fourth-order valence-electron chi connectivity index (χ4n) is 4.19. The van der Waals surface area contributed by atoms with Crippen LogP contribution < -0.4 is 0 Å². The van der Waals surface area contributed by atoms with E-state index < -0.39 is 0 Å². The van der Waals surface area contributed by atoms with Gasteiger partial charge in [0.1, 0.15) is 11.3 Å². The molecule has 6 nitrogen and oxygen atoms in total. The van der Waals surface area contributed by atoms with Gasteiger partial charge in [-0.3, -0.25) is 4.79 Å². The highest BCUT2D eigenvalue weighted by molar-refractivity contribution is 5.96. The number of aryl methyl sites for hydroxylation is 2. The van der Waals surface area contributed by atoms with Gasteiger partial charge in [0.15, 0.2) is 0 Å². The first-order valence-electron chi connectivity index (χ1n) is 9.07. The molecule has 2 aliphatic rings. The Hall–Kier alpha value is -1.40. The van der Waals surface area contributed by atoms with Gasteiger partial charge in [0.2, 0.25) is 0 Å². The van der Waals surface area contributed by atoms with E-state index in [1.165, 1.54) is 0 Å². The second kappa shape index (κ2) is 6.84. The molecule has 1 aliphatic carbocycles. The Morgan fingerprint density at radius 1 is 1.42 bits per heavy atom. The molecule has 1 saturated carbocycles. The number of aliphatic hydroxyl groups excluding tert-OH is 1. The van der Waals surface area contributed by atoms with Gasteiger partial charge in [0.05, 0.1) is 17.9 Å². The monoisotopic (exact) mass is 336 g/mol. The predicted molar refractivity (Wildman–Crippen MR) is 88.8 cm³/mol. The first-order chi connectivity index (χ1) is 11.5. The van der Waals surface area contributed by atoms with Crippen LogP contribution in [0.15, 0.2) is 4.52 Å². The molecule has 1 aromatic heterocycles. The predicted octanol–water partition coefficient (Wildman–Crippen LogP) is 2.33. The normalized spacial score (nSPS) is 25.8. The lowest BCUT2D eigenvalue weighted by Gasteiger charge is -2.56. The van der Waals surface area contributed by atoms with Gasteiger partial charge in [0, 0.05) is 38.0 Å². The van der Waals surface area contributed by atoms with E-state index in [1.54, 1.807) is 0 Å². The zero-order valence-electron chi connectivity index (χ0n) is 14.9. The Morgan fingerprint density at radius 3 is 2.71 bits per heavy atom. The van der Waals surface area contributed by atoms with E-state index in [0.717, 1.165) is 25.7 Å². The van der Waals surface area contributed by atoms with Gasteiger partial charge >= 0.3 is 0 Å². The van der Waals surface area contributed by atoms with Gasteiger partial charge in [-0.2, -0.15) is 0 Å². The molecular weight excluding hydrogens is 308 g/mol. The minimum Gasteiger partial charge on any atom is -0.392 e. The van der Waals surface area contributed by atoms with Crippen molar-refractivity contribution in [3.8, 4) is 0 Å². The number of piperidine rings is 1. The number of likely N-dealkylation sites (tertiary alicyclic amines) is 1. The fraction of sp³-hybridized carbons (Fsp3) is 0.778. The molecule has 1 amide bonds. The molecule has 1 saturated heterocycles. The lowest BCUT2D eigenvalue weighted by molar-refractivity contribution is -0.207. The van der Waals surface area contributed by atoms with Gasteiger partial charge < -0.3 is 19.3 Å². The van der Waals surface area contributed by atoms with Crippen LogP contribution in [0.25, 0.3) is 0 Å². The third kappa shape index (κ3) is 2.75. The molecule has 3 rings (SSSR count). The van der Waals surface area contributed by atoms with Gasteiger partial charge in [-0.15, -0.1) is 0 Å². The third-order valence-electron chi connectivity index (χ3n) is 5.72. The summed E-state index contributed by atoms with van der Waals surface area (Å²) in [6, 6.07) is 0. The van der Waals surface area contributed by atoms with E-state index in [4.69, 9.17) is 9.26 Å². The SMILES string of the molecule is CCCc1onc(C)c1C(=O)N1CCC2(CC1)[C@H](O)C[C@H]2OCC. The second-order valence-corrected chi connectivity index (χ2v) is 7.04. The van der Waals surface area contributed by atoms with Gasteiger partial charge in [-0.1, -0.05) is 12.1 Å². The minimum atomic E-state index is -0.306. The summed E-state index contributed by atoms with van der Waals surface area (Å²) >= 11 is 0. The lowest BCUT2D eigenvalue weighted by atomic mass is 9.58. The number of rotatable bonds is 5. The molecule has 134 valence electrons. The van der Waals surface area contributed by atoms with Crippen molar-refractivity contribution in [2.45, 2.75) is 65.1 Å². The van der Waals surface area contributed by atoms with E-state index in [0.29, 0.717) is 43.1 Å². The molecule has 2 heterocycles. The van der Waals surface area contributed by atoms with Crippen LogP contribution in [-0.4, -0.2) is 53.0 Å². The molecule has 0 aromatic carbocycles. The van der Waals surface area contributed by atoms with Crippen molar-refractivity contribution in [2.24, 2.45) is 5.41 Å². The van der Waals surface area contributed by atoms with Crippen LogP contribution in [0.5, 0.6) is 0 Å². The molecule has 1 spiro atoms. The zero-order chi connectivity index (χ0) is 17.3. The van der Waals surface area contributed by atoms with Crippen LogP contribution in [0, 0.1) is 12.3 Å². The zero-order valence-corrected chi connectivity index (χ0v) is 14.9. The van der Waals surface area contributed by atoms with Gasteiger partial charge in [0.25, 0.3) is 5.91 Å². The first kappa shape index (κ1) is 17.4. The summed E-state index contributed by atoms with van der Waals surface area (Å²) in [6.45, 7) is 7.83. The molecule has 1 N–H and O–H groups in total. The molecule has 2 fully saturated rings. The Morgan fingerprint density at radius 2 is 2.12 bits per heavy atom. The molecule has 1 aromatic rings. The number of hydrogen-bond donors (Lipinski definition) is 1. The van der Waals surface area contributed by atoms with Crippen molar-refractivity contribution in [1.29, 1.82) is 0 Å². The average Bonchev–Trinajstić information content (AvgIpc) is 2.95. The molecule has 0 unspecified atom stereocenters. The van der Waals surface area contributed by atoms with E-state index >= 15 is 0 Å². The molecule has 6 heteroatoms. The summed E-state index contributed by atoms with van der Waals surface area (Å²) in [5, 5.41) is 14.3. The molecule has 0 radical (unpaired) electrons. The van der Waals surface area contributed by atoms with Crippen molar-refractivity contribution < 1.29 is 19.2 Å². The average molecular weight is 336 g/mol. The summed E-state index contributed by atoms with van der Waals surface area (Å²) in [7, 11) is 0. The highest BCUT2D eigenvalue weighted by atomic mass is 16.5. The van der Waals surface area contributed by atoms with E-state index in [9.17, 15) is 9.90 Å². The number of carbonyl (C=O) groups excluding carboxylic acids is 1. The van der Waals surface area contributed by atoms with Gasteiger partial charge in [-0.25, -0.2) is 0 Å². The van der Waals surface area contributed by atoms with Crippen molar-refractivity contribution in [3.63, 3.8) is 0 Å². The summed E-state index contributed by atoms with van der Waals surface area (Å²) in [6.07, 6.45) is 3.76. The van der Waals surface area contributed by atoms with Gasteiger partial charge in [-0.05, 0) is 33.1 Å². The maximum absolute atomic E-state index is 12.9. The number of aromatic nitrogens is 1. The lowest BCUT2D eigenvalue weighted by Crippen LogP contribution is -2.62. The molecule has 1 aliphatic heterocycles. The van der Waals surface area contributed by atoms with Crippen LogP contribution in [-0.2, 0) is 11.2 Å². The minimum absolute atomic E-state index is 0.00817. The smallest absolute Gasteiger partial charge is 0.259 e. The fourth-order valence-corrected chi connectivity index (χ4v) is 4.19. The van der Waals surface area contributed by atoms with E-state index in [2.05, 4.69) is 12.1 Å². The molecule has 24 heavy (non-hydrogen) atoms. The van der Waals surface area contributed by atoms with E-state index in [-0.39, 0.29) is 23.5 Å². The van der Waals surface area contributed by atoms with Crippen LogP contribution >= 0.6 is 0 Å². The van der Waals surface area contributed by atoms with Crippen LogP contribution in [0.2, 0.25) is 0 Å². The Kier molecular flexibility index (Phi) is 4.97. The summed E-state index contributed by atoms with van der Waals surface area (Å²) < 4.78 is 11.1. The van der Waals surface area contributed by atoms with Crippen LogP contribution in [0.1, 0.15) is 61.3 Å². The molecular formula is C18H28N2O4. The summed E-state index contributed by atoms with van der Waals surface area (Å²) in [5.74, 6) is 0.699. The van der Waals surface area contributed by atoms with Crippen molar-refractivity contribution in [2.75, 3.05) is 19.7 Å². The van der Waals surface area contributed by atoms with Crippen molar-refractivity contribution in [3.05, 3.63) is 17.0 Å². The summed E-state index contributed by atoms with van der Waals surface area (Å²) in [4.78, 5) is 14.8. The highest BCUT2D eigenvalue weighted by Gasteiger charge is 2.56. The molecule has 2 atom stereocenters. The number of hydrogen-bond acceptors (Lipinski definition) is 5. The number of amides is 1. The number of nitrogens with zero attached hydrogens (tertiary/aromatic N) is 2. The topological polar surface area (TPSA) is 75.8 Å². The highest BCUT2D eigenvalue weighted by Crippen LogP contribution is 2.51. The number of aliphatic hydroxyl groups is 1. The maximum Gasteiger partial charge on any atom is 0.259 e. The first-order valence-corrected chi connectivity index (χ1v) is 9.07. The quantitative estimate of drug-likeness (QED) is 0.893. The maximum atomic E-state index is 12.9. The molecule has 0 bridgehead atoms. The standard InChI is InChI=1S/C18H28N2O4/c1-4-6-13-16(12(3)19-24-13)17(22)20-9-7-18(8-10-20)14(21)11-15(18)23-5-2/h14-15,21H,4-11H2,1-3H3/t14-,15-/m1/s1. The third-order valence-corrected chi connectivity index (χ3v) is 5.72. The number of carbonyl (C=O) groups is 1. The second-order valence-electron chi connectivity index (χ2n) is 7.04. The van der Waals surface area contributed by atoms with Crippen molar-refractivity contribution in [1.82, 2.24) is 10.1 Å². The largest absolute Gasteiger partial charge is 0.392 e. The summed E-state index contributed by atoms with van der Waals surface area (Å²) in [5.41, 5.74) is 1.13. The number of ether oxygens (including phenoxy) is 1. The van der Waals surface area contributed by atoms with Crippen LogP contribution in [0.4, 0.5) is 0 Å². The Balaban J connectivity index is 1.69.